The van der Waals surface area contributed by atoms with E-state index in [1.165, 1.54) is 0 Å². The van der Waals surface area contributed by atoms with Gasteiger partial charge in [-0.3, -0.25) is 4.79 Å². The zero-order chi connectivity index (χ0) is 15.3. The van der Waals surface area contributed by atoms with Gasteiger partial charge < -0.3 is 15.8 Å². The summed E-state index contributed by atoms with van der Waals surface area (Å²) in [6.45, 7) is 0.270. The zero-order valence-corrected chi connectivity index (χ0v) is 12.4. The van der Waals surface area contributed by atoms with Gasteiger partial charge in [0, 0.05) is 24.7 Å². The summed E-state index contributed by atoms with van der Waals surface area (Å²) in [6, 6.07) is 6.62. The number of rotatable bonds is 7. The average molecular weight is 313 g/mol. The fourth-order valence-corrected chi connectivity index (χ4v) is 2.87. The van der Waals surface area contributed by atoms with Crippen LogP contribution in [0.15, 0.2) is 24.3 Å². The van der Waals surface area contributed by atoms with Gasteiger partial charge in [0.25, 0.3) is 0 Å². The number of amides is 1. The van der Waals surface area contributed by atoms with E-state index in [4.69, 9.17) is 10.5 Å². The van der Waals surface area contributed by atoms with E-state index in [1.54, 1.807) is 24.3 Å². The normalized spacial score (nSPS) is 18.5. The lowest BCUT2D eigenvalue weighted by molar-refractivity contribution is -0.119. The van der Waals surface area contributed by atoms with E-state index in [9.17, 15) is 13.2 Å². The van der Waals surface area contributed by atoms with Crippen molar-refractivity contribution in [3.8, 4) is 5.75 Å². The van der Waals surface area contributed by atoms with Crippen LogP contribution in [-0.4, -0.2) is 39.3 Å². The number of hydrogen-bond acceptors (Lipinski definition) is 5. The van der Waals surface area contributed by atoms with Crippen molar-refractivity contribution in [3.05, 3.63) is 24.3 Å². The monoisotopic (exact) mass is 313 g/mol. The lowest BCUT2D eigenvalue weighted by Crippen LogP contribution is -2.39. The maximum Gasteiger partial charge on any atom is 0.220 e. The molecule has 0 bridgehead atoms. The Kier molecular flexibility index (Phi) is 5.03. The fourth-order valence-electron chi connectivity index (χ4n) is 1.96. The molecule has 1 aromatic carbocycles. The third-order valence-corrected chi connectivity index (χ3v) is 4.45. The topological polar surface area (TPSA) is 111 Å². The maximum atomic E-state index is 11.8. The number of ether oxygens (including phenoxy) is 1. The molecule has 1 saturated heterocycles. The van der Waals surface area contributed by atoms with E-state index in [-0.39, 0.29) is 30.9 Å². The molecule has 1 aromatic rings. The van der Waals surface area contributed by atoms with Gasteiger partial charge in [-0.05, 0) is 30.7 Å². The molecule has 0 aromatic heterocycles. The number of carbonyl (C=O) groups excluding carboxylic acids is 1. The molecule has 1 aliphatic heterocycles. The predicted molar refractivity (Wildman–Crippen MR) is 79.3 cm³/mol. The minimum absolute atomic E-state index is 0.0362. The van der Waals surface area contributed by atoms with Crippen LogP contribution in [0.4, 0.5) is 5.69 Å². The molecule has 1 unspecified atom stereocenters. The summed E-state index contributed by atoms with van der Waals surface area (Å²) in [6.07, 6.45) is 1.11. The Hall–Kier alpha value is -1.80. The standard InChI is InChI=1S/C13H19N3O4S/c14-10-1-4-12(5-2-10)20-7-8-21(18,19)15-9-11-3-6-13(17)16-11/h1-2,4-5,11,15H,3,6-9,14H2,(H,16,17). The third-order valence-electron chi connectivity index (χ3n) is 3.14. The van der Waals surface area contributed by atoms with Crippen molar-refractivity contribution in [1.82, 2.24) is 10.0 Å². The first kappa shape index (κ1) is 15.6. The van der Waals surface area contributed by atoms with Crippen molar-refractivity contribution in [2.45, 2.75) is 18.9 Å². The molecule has 1 amide bonds. The number of sulfonamides is 1. The SMILES string of the molecule is Nc1ccc(OCCS(=O)(=O)NCC2CCC(=O)N2)cc1. The summed E-state index contributed by atoms with van der Waals surface area (Å²) in [5, 5.41) is 2.70. The maximum absolute atomic E-state index is 11.8. The molecule has 0 radical (unpaired) electrons. The van der Waals surface area contributed by atoms with Gasteiger partial charge in [-0.25, -0.2) is 13.1 Å². The lowest BCUT2D eigenvalue weighted by Gasteiger charge is -2.12. The second-order valence-corrected chi connectivity index (χ2v) is 6.81. The molecule has 1 fully saturated rings. The Morgan fingerprint density at radius 1 is 1.33 bits per heavy atom. The first-order chi connectivity index (χ1) is 9.94. The number of nitrogen functional groups attached to an aromatic ring is 1. The Morgan fingerprint density at radius 3 is 2.67 bits per heavy atom. The first-order valence-corrected chi connectivity index (χ1v) is 8.35. The Bertz CT molecular complexity index is 586. The van der Waals surface area contributed by atoms with E-state index in [0.29, 0.717) is 24.3 Å². The first-order valence-electron chi connectivity index (χ1n) is 6.70. The number of benzene rings is 1. The number of carbonyl (C=O) groups is 1. The highest BCUT2D eigenvalue weighted by molar-refractivity contribution is 7.89. The Morgan fingerprint density at radius 2 is 2.05 bits per heavy atom. The predicted octanol–water partition coefficient (Wildman–Crippen LogP) is -0.154. The minimum Gasteiger partial charge on any atom is -0.492 e. The molecule has 4 N–H and O–H groups in total. The molecule has 1 heterocycles. The molecular weight excluding hydrogens is 294 g/mol. The van der Waals surface area contributed by atoms with E-state index in [1.807, 2.05) is 0 Å². The van der Waals surface area contributed by atoms with Crippen molar-refractivity contribution in [1.29, 1.82) is 0 Å². The van der Waals surface area contributed by atoms with Gasteiger partial charge in [0.2, 0.25) is 15.9 Å². The van der Waals surface area contributed by atoms with Gasteiger partial charge in [-0.1, -0.05) is 0 Å². The van der Waals surface area contributed by atoms with Crippen molar-refractivity contribution >= 4 is 21.6 Å². The minimum atomic E-state index is -3.42. The van der Waals surface area contributed by atoms with Crippen molar-refractivity contribution < 1.29 is 17.9 Å². The Labute approximate surface area is 123 Å². The quantitative estimate of drug-likeness (QED) is 0.606. The van der Waals surface area contributed by atoms with Gasteiger partial charge in [0.15, 0.2) is 0 Å². The van der Waals surface area contributed by atoms with Gasteiger partial charge in [-0.15, -0.1) is 0 Å². The summed E-state index contributed by atoms with van der Waals surface area (Å²) >= 11 is 0. The lowest BCUT2D eigenvalue weighted by atomic mass is 10.2. The number of nitrogens with two attached hydrogens (primary N) is 1. The summed E-state index contributed by atoms with van der Waals surface area (Å²) < 4.78 is 31.4. The second-order valence-electron chi connectivity index (χ2n) is 4.89. The van der Waals surface area contributed by atoms with Gasteiger partial charge >= 0.3 is 0 Å². The van der Waals surface area contributed by atoms with Gasteiger partial charge in [0.05, 0.1) is 5.75 Å². The largest absolute Gasteiger partial charge is 0.492 e. The van der Waals surface area contributed by atoms with E-state index in [2.05, 4.69) is 10.0 Å². The molecule has 0 spiro atoms. The average Bonchev–Trinajstić information content (AvgIpc) is 2.85. The summed E-state index contributed by atoms with van der Waals surface area (Å²) in [5.74, 6) is 0.395. The zero-order valence-electron chi connectivity index (χ0n) is 11.5. The number of anilines is 1. The van der Waals surface area contributed by atoms with Crippen LogP contribution in [0.25, 0.3) is 0 Å². The highest BCUT2D eigenvalue weighted by atomic mass is 32.2. The molecule has 7 nitrogen and oxygen atoms in total. The van der Waals surface area contributed by atoms with E-state index < -0.39 is 10.0 Å². The second kappa shape index (κ2) is 6.77. The van der Waals surface area contributed by atoms with Crippen LogP contribution >= 0.6 is 0 Å². The number of nitrogens with one attached hydrogen (secondary N) is 2. The van der Waals surface area contributed by atoms with E-state index >= 15 is 0 Å². The smallest absolute Gasteiger partial charge is 0.220 e. The van der Waals surface area contributed by atoms with Gasteiger partial charge in [0.1, 0.15) is 12.4 Å². The summed E-state index contributed by atoms with van der Waals surface area (Å²) in [7, 11) is -3.42. The third kappa shape index (κ3) is 5.24. The van der Waals surface area contributed by atoms with Crippen LogP contribution in [0.2, 0.25) is 0 Å². The molecule has 1 aliphatic rings. The van der Waals surface area contributed by atoms with Crippen LogP contribution in [0.1, 0.15) is 12.8 Å². The molecule has 8 heteroatoms. The van der Waals surface area contributed by atoms with Crippen LogP contribution in [0, 0.1) is 0 Å². The fraction of sp³-hybridized carbons (Fsp3) is 0.462. The molecular formula is C13H19N3O4S. The molecule has 0 saturated carbocycles. The van der Waals surface area contributed by atoms with Crippen LogP contribution < -0.4 is 20.5 Å². The van der Waals surface area contributed by atoms with Crippen molar-refractivity contribution in [2.24, 2.45) is 0 Å². The molecule has 116 valence electrons. The van der Waals surface area contributed by atoms with E-state index in [0.717, 1.165) is 0 Å². The Balaban J connectivity index is 1.71. The van der Waals surface area contributed by atoms with Gasteiger partial charge in [-0.2, -0.15) is 0 Å². The van der Waals surface area contributed by atoms with Crippen molar-refractivity contribution in [2.75, 3.05) is 24.6 Å². The molecule has 2 rings (SSSR count). The highest BCUT2D eigenvalue weighted by Crippen LogP contribution is 2.13. The number of hydrogen-bond donors (Lipinski definition) is 3. The molecule has 1 atom stereocenters. The van der Waals surface area contributed by atoms with Crippen LogP contribution in [0.5, 0.6) is 5.75 Å². The highest BCUT2D eigenvalue weighted by Gasteiger charge is 2.22. The molecule has 21 heavy (non-hydrogen) atoms. The molecule has 0 aliphatic carbocycles. The summed E-state index contributed by atoms with van der Waals surface area (Å²) in [5.41, 5.74) is 6.16. The van der Waals surface area contributed by atoms with Crippen molar-refractivity contribution in [3.63, 3.8) is 0 Å². The van der Waals surface area contributed by atoms with Crippen LogP contribution in [0.3, 0.4) is 0 Å². The van der Waals surface area contributed by atoms with Crippen LogP contribution in [-0.2, 0) is 14.8 Å². The summed E-state index contributed by atoms with van der Waals surface area (Å²) in [4.78, 5) is 11.0.